The molecule has 1 aliphatic rings. The van der Waals surface area contributed by atoms with Crippen LogP contribution in [-0.4, -0.2) is 49.4 Å². The lowest BCUT2D eigenvalue weighted by Gasteiger charge is -2.31. The lowest BCUT2D eigenvalue weighted by molar-refractivity contribution is 0.0628. The van der Waals surface area contributed by atoms with E-state index in [4.69, 9.17) is 0 Å². The molecule has 7 nitrogen and oxygen atoms in total. The number of aromatic amines is 1. The van der Waals surface area contributed by atoms with E-state index < -0.39 is 0 Å². The highest BCUT2D eigenvalue weighted by molar-refractivity contribution is 5.96. The number of aromatic nitrogens is 4. The molecule has 2 aromatic rings. The Hall–Kier alpha value is -2.44. The van der Waals surface area contributed by atoms with Gasteiger partial charge in [0.25, 0.3) is 5.91 Å². The molecule has 0 spiro atoms. The zero-order chi connectivity index (χ0) is 17.1. The smallest absolute Gasteiger partial charge is 0.274 e. The van der Waals surface area contributed by atoms with Crippen molar-refractivity contribution in [2.75, 3.05) is 13.1 Å². The number of carbonyl (C=O) groups is 2. The number of nitrogens with one attached hydrogen (secondary N) is 1. The average Bonchev–Trinajstić information content (AvgIpc) is 3.23. The lowest BCUT2D eigenvalue weighted by Crippen LogP contribution is -2.42. The van der Waals surface area contributed by atoms with E-state index >= 15 is 0 Å². The predicted octanol–water partition coefficient (Wildman–Crippen LogP) is 1.83. The second-order valence-corrected chi connectivity index (χ2v) is 6.34. The van der Waals surface area contributed by atoms with Crippen LogP contribution in [0, 0.1) is 5.92 Å². The summed E-state index contributed by atoms with van der Waals surface area (Å²) in [5.41, 5.74) is 1.40. The molecule has 1 saturated heterocycles. The van der Waals surface area contributed by atoms with Gasteiger partial charge >= 0.3 is 0 Å². The van der Waals surface area contributed by atoms with Crippen LogP contribution < -0.4 is 0 Å². The van der Waals surface area contributed by atoms with E-state index in [2.05, 4.69) is 22.1 Å². The SMILES string of the molecule is CCCc1cc(C(=O)N2CCC[C@H](C(=O)c3nccn3C)C2)n[nH]1. The van der Waals surface area contributed by atoms with Gasteiger partial charge in [0, 0.05) is 44.1 Å². The van der Waals surface area contributed by atoms with Crippen molar-refractivity contribution >= 4 is 11.7 Å². The maximum Gasteiger partial charge on any atom is 0.274 e. The van der Waals surface area contributed by atoms with Gasteiger partial charge in [0.05, 0.1) is 0 Å². The third-order valence-electron chi connectivity index (χ3n) is 4.49. The zero-order valence-electron chi connectivity index (χ0n) is 14.2. The first-order valence-electron chi connectivity index (χ1n) is 8.45. The van der Waals surface area contributed by atoms with Gasteiger partial charge in [-0.25, -0.2) is 4.98 Å². The molecule has 0 unspecified atom stereocenters. The molecule has 1 atom stereocenters. The van der Waals surface area contributed by atoms with E-state index in [0.29, 0.717) is 24.6 Å². The lowest BCUT2D eigenvalue weighted by atomic mass is 9.93. The summed E-state index contributed by atoms with van der Waals surface area (Å²) in [6.07, 6.45) is 6.87. The Morgan fingerprint density at radius 2 is 2.25 bits per heavy atom. The van der Waals surface area contributed by atoms with Crippen molar-refractivity contribution in [3.8, 4) is 0 Å². The molecule has 1 amide bonds. The van der Waals surface area contributed by atoms with E-state index in [1.54, 1.807) is 21.9 Å². The summed E-state index contributed by atoms with van der Waals surface area (Å²) in [4.78, 5) is 31.2. The first kappa shape index (κ1) is 16.4. The van der Waals surface area contributed by atoms with Crippen molar-refractivity contribution in [2.45, 2.75) is 32.6 Å². The first-order chi connectivity index (χ1) is 11.6. The van der Waals surface area contributed by atoms with Gasteiger partial charge in [0.1, 0.15) is 5.69 Å². The Kier molecular flexibility index (Phi) is 4.78. The van der Waals surface area contributed by atoms with Crippen molar-refractivity contribution < 1.29 is 9.59 Å². The van der Waals surface area contributed by atoms with Crippen LogP contribution in [0.25, 0.3) is 0 Å². The molecular weight excluding hydrogens is 306 g/mol. The van der Waals surface area contributed by atoms with Gasteiger partial charge in [-0.05, 0) is 25.3 Å². The zero-order valence-corrected chi connectivity index (χ0v) is 14.2. The van der Waals surface area contributed by atoms with E-state index in [1.807, 2.05) is 13.1 Å². The average molecular weight is 329 g/mol. The Morgan fingerprint density at radius 1 is 1.42 bits per heavy atom. The van der Waals surface area contributed by atoms with Gasteiger partial charge in [-0.1, -0.05) is 13.3 Å². The van der Waals surface area contributed by atoms with Crippen LogP contribution >= 0.6 is 0 Å². The van der Waals surface area contributed by atoms with Crippen LogP contribution in [0.15, 0.2) is 18.5 Å². The number of nitrogens with zero attached hydrogens (tertiary/aromatic N) is 4. The monoisotopic (exact) mass is 329 g/mol. The Balaban J connectivity index is 1.69. The molecule has 3 rings (SSSR count). The highest BCUT2D eigenvalue weighted by Gasteiger charge is 2.31. The molecule has 24 heavy (non-hydrogen) atoms. The van der Waals surface area contributed by atoms with Crippen molar-refractivity contribution in [3.63, 3.8) is 0 Å². The quantitative estimate of drug-likeness (QED) is 0.848. The minimum absolute atomic E-state index is 0.00806. The second kappa shape index (κ2) is 6.98. The molecule has 1 fully saturated rings. The van der Waals surface area contributed by atoms with E-state index in [0.717, 1.165) is 31.4 Å². The number of hydrogen-bond donors (Lipinski definition) is 1. The van der Waals surface area contributed by atoms with Crippen LogP contribution in [0.4, 0.5) is 0 Å². The number of imidazole rings is 1. The summed E-state index contributed by atoms with van der Waals surface area (Å²) in [5.74, 6) is 0.164. The molecule has 0 saturated carbocycles. The van der Waals surface area contributed by atoms with Gasteiger partial charge in [0.2, 0.25) is 5.78 Å². The van der Waals surface area contributed by atoms with Crippen molar-refractivity contribution in [1.82, 2.24) is 24.6 Å². The van der Waals surface area contributed by atoms with E-state index in [1.165, 1.54) is 0 Å². The molecule has 0 radical (unpaired) electrons. The molecular formula is C17H23N5O2. The normalized spacial score (nSPS) is 17.9. The van der Waals surface area contributed by atoms with Gasteiger partial charge in [-0.15, -0.1) is 0 Å². The number of rotatable bonds is 5. The van der Waals surface area contributed by atoms with Crippen LogP contribution in [0.3, 0.4) is 0 Å². The number of H-pyrrole nitrogens is 1. The summed E-state index contributed by atoms with van der Waals surface area (Å²) < 4.78 is 1.73. The molecule has 128 valence electrons. The topological polar surface area (TPSA) is 83.9 Å². The number of carbonyl (C=O) groups excluding carboxylic acids is 2. The molecule has 2 aromatic heterocycles. The minimum Gasteiger partial charge on any atom is -0.337 e. The molecule has 0 aromatic carbocycles. The second-order valence-electron chi connectivity index (χ2n) is 6.34. The number of hydrogen-bond acceptors (Lipinski definition) is 4. The third-order valence-corrected chi connectivity index (χ3v) is 4.49. The minimum atomic E-state index is -0.196. The molecule has 3 heterocycles. The maximum atomic E-state index is 12.7. The number of Topliss-reactive ketones (excluding diaryl/α,β-unsaturated/α-hetero) is 1. The third kappa shape index (κ3) is 3.25. The number of likely N-dealkylation sites (tertiary alicyclic amines) is 1. The van der Waals surface area contributed by atoms with Crippen LogP contribution in [0.5, 0.6) is 0 Å². The molecule has 1 N–H and O–H groups in total. The molecule has 7 heteroatoms. The van der Waals surface area contributed by atoms with E-state index in [-0.39, 0.29) is 17.6 Å². The molecule has 1 aliphatic heterocycles. The van der Waals surface area contributed by atoms with E-state index in [9.17, 15) is 9.59 Å². The maximum absolute atomic E-state index is 12.7. The Morgan fingerprint density at radius 3 is 2.96 bits per heavy atom. The number of aryl methyl sites for hydroxylation is 2. The fraction of sp³-hybridized carbons (Fsp3) is 0.529. The highest BCUT2D eigenvalue weighted by Crippen LogP contribution is 2.21. The van der Waals surface area contributed by atoms with Crippen LogP contribution in [0.1, 0.15) is 53.0 Å². The highest BCUT2D eigenvalue weighted by atomic mass is 16.2. The van der Waals surface area contributed by atoms with Gasteiger partial charge in [-0.2, -0.15) is 5.10 Å². The van der Waals surface area contributed by atoms with Gasteiger partial charge in [-0.3, -0.25) is 14.7 Å². The standard InChI is InChI=1S/C17H23N5O2/c1-3-5-13-10-14(20-19-13)17(24)22-8-4-6-12(11-22)15(23)16-18-7-9-21(16)2/h7,9-10,12H,3-6,8,11H2,1-2H3,(H,19,20)/t12-/m0/s1. The van der Waals surface area contributed by atoms with Crippen molar-refractivity contribution in [1.29, 1.82) is 0 Å². The number of ketones is 1. The largest absolute Gasteiger partial charge is 0.337 e. The summed E-state index contributed by atoms with van der Waals surface area (Å²) in [5, 5.41) is 7.04. The Bertz CT molecular complexity index is 733. The molecule has 0 aliphatic carbocycles. The van der Waals surface area contributed by atoms with Gasteiger partial charge < -0.3 is 9.47 Å². The number of amides is 1. The Labute approximate surface area is 141 Å². The van der Waals surface area contributed by atoms with Crippen molar-refractivity contribution in [2.24, 2.45) is 13.0 Å². The van der Waals surface area contributed by atoms with Crippen LogP contribution in [0.2, 0.25) is 0 Å². The summed E-state index contributed by atoms with van der Waals surface area (Å²) in [6.45, 7) is 3.18. The molecule has 0 bridgehead atoms. The predicted molar refractivity (Wildman–Crippen MR) is 88.7 cm³/mol. The van der Waals surface area contributed by atoms with Gasteiger partial charge in [0.15, 0.2) is 5.82 Å². The summed E-state index contributed by atoms with van der Waals surface area (Å²) in [7, 11) is 1.81. The fourth-order valence-corrected chi connectivity index (χ4v) is 3.19. The first-order valence-corrected chi connectivity index (χ1v) is 8.45. The van der Waals surface area contributed by atoms with Crippen molar-refractivity contribution in [3.05, 3.63) is 35.7 Å². The van der Waals surface area contributed by atoms with Crippen LogP contribution in [-0.2, 0) is 13.5 Å². The summed E-state index contributed by atoms with van der Waals surface area (Å²) in [6, 6.07) is 1.82. The fourth-order valence-electron chi connectivity index (χ4n) is 3.19. The number of piperidine rings is 1. The summed E-state index contributed by atoms with van der Waals surface area (Å²) >= 11 is 0.